The average Bonchev–Trinajstić information content (AvgIpc) is 2.64. The van der Waals surface area contributed by atoms with E-state index >= 15 is 0 Å². The summed E-state index contributed by atoms with van der Waals surface area (Å²) in [5.74, 6) is 0.177. The SMILES string of the molecule is CN(C(=O)Cc1ccc(N)cc1)C1CCCN(Cc2ccccc2)C1.Cl.Cl. The van der Waals surface area contributed by atoms with Crippen LogP contribution in [0, 0.1) is 0 Å². The van der Waals surface area contributed by atoms with Gasteiger partial charge in [0, 0.05) is 31.9 Å². The number of likely N-dealkylation sites (N-methyl/N-ethyl adjacent to an activating group) is 1. The van der Waals surface area contributed by atoms with Gasteiger partial charge < -0.3 is 10.6 Å². The molecule has 6 heteroatoms. The number of halogens is 2. The first-order valence-corrected chi connectivity index (χ1v) is 8.98. The molecule has 2 aromatic rings. The van der Waals surface area contributed by atoms with E-state index in [1.807, 2.05) is 42.3 Å². The number of carbonyl (C=O) groups excluding carboxylic acids is 1. The number of likely N-dealkylation sites (tertiary alicyclic amines) is 1. The number of benzene rings is 2. The van der Waals surface area contributed by atoms with Crippen LogP contribution in [0.1, 0.15) is 24.0 Å². The predicted molar refractivity (Wildman–Crippen MR) is 117 cm³/mol. The first-order valence-electron chi connectivity index (χ1n) is 8.98. The second-order valence-electron chi connectivity index (χ2n) is 6.94. The third-order valence-corrected chi connectivity index (χ3v) is 5.01. The summed E-state index contributed by atoms with van der Waals surface area (Å²) in [6, 6.07) is 18.4. The molecule has 1 aliphatic heterocycles. The molecule has 1 fully saturated rings. The van der Waals surface area contributed by atoms with Crippen LogP contribution in [-0.2, 0) is 17.8 Å². The molecule has 0 spiro atoms. The fraction of sp³-hybridized carbons (Fsp3) is 0.381. The van der Waals surface area contributed by atoms with Crippen LogP contribution in [0.3, 0.4) is 0 Å². The molecular weight excluding hydrogens is 381 g/mol. The van der Waals surface area contributed by atoms with Gasteiger partial charge in [0.1, 0.15) is 0 Å². The van der Waals surface area contributed by atoms with Crippen molar-refractivity contribution in [1.29, 1.82) is 0 Å². The zero-order chi connectivity index (χ0) is 17.6. The molecular formula is C21H29Cl2N3O. The van der Waals surface area contributed by atoms with Gasteiger partial charge in [0.15, 0.2) is 0 Å². The number of nitrogens with two attached hydrogens (primary N) is 1. The zero-order valence-electron chi connectivity index (χ0n) is 15.7. The Balaban J connectivity index is 0.00000182. The van der Waals surface area contributed by atoms with Crippen molar-refractivity contribution in [3.05, 3.63) is 65.7 Å². The van der Waals surface area contributed by atoms with E-state index in [0.717, 1.165) is 43.7 Å². The number of nitrogens with zero attached hydrogens (tertiary/aromatic N) is 2. The molecule has 1 atom stereocenters. The van der Waals surface area contributed by atoms with Crippen LogP contribution in [0.4, 0.5) is 5.69 Å². The van der Waals surface area contributed by atoms with Crippen molar-refractivity contribution in [3.8, 4) is 0 Å². The lowest BCUT2D eigenvalue weighted by molar-refractivity contribution is -0.132. The highest BCUT2D eigenvalue weighted by molar-refractivity contribution is 5.85. The number of piperidine rings is 1. The van der Waals surface area contributed by atoms with Crippen molar-refractivity contribution >= 4 is 36.4 Å². The number of hydrogen-bond donors (Lipinski definition) is 1. The number of nitrogen functional groups attached to an aromatic ring is 1. The maximum absolute atomic E-state index is 12.6. The molecule has 0 bridgehead atoms. The van der Waals surface area contributed by atoms with Gasteiger partial charge in [-0.3, -0.25) is 9.69 Å². The number of carbonyl (C=O) groups is 1. The van der Waals surface area contributed by atoms with E-state index in [1.165, 1.54) is 5.56 Å². The topological polar surface area (TPSA) is 49.6 Å². The largest absolute Gasteiger partial charge is 0.399 e. The van der Waals surface area contributed by atoms with Crippen molar-refractivity contribution in [2.24, 2.45) is 0 Å². The molecule has 4 nitrogen and oxygen atoms in total. The second-order valence-corrected chi connectivity index (χ2v) is 6.94. The monoisotopic (exact) mass is 409 g/mol. The smallest absolute Gasteiger partial charge is 0.227 e. The van der Waals surface area contributed by atoms with Gasteiger partial charge in [-0.2, -0.15) is 0 Å². The van der Waals surface area contributed by atoms with Crippen molar-refractivity contribution in [2.45, 2.75) is 31.8 Å². The summed E-state index contributed by atoms with van der Waals surface area (Å²) in [5, 5.41) is 0. The van der Waals surface area contributed by atoms with Crippen LogP contribution in [0.25, 0.3) is 0 Å². The summed E-state index contributed by atoms with van der Waals surface area (Å²) in [6.07, 6.45) is 2.65. The molecule has 2 aromatic carbocycles. The third kappa shape index (κ3) is 6.73. The van der Waals surface area contributed by atoms with E-state index in [9.17, 15) is 4.79 Å². The fourth-order valence-corrected chi connectivity index (χ4v) is 3.47. The number of anilines is 1. The molecule has 1 unspecified atom stereocenters. The van der Waals surface area contributed by atoms with Crippen LogP contribution in [0.2, 0.25) is 0 Å². The van der Waals surface area contributed by atoms with Crippen molar-refractivity contribution in [3.63, 3.8) is 0 Å². The molecule has 1 heterocycles. The zero-order valence-corrected chi connectivity index (χ0v) is 17.3. The average molecular weight is 410 g/mol. The van der Waals surface area contributed by atoms with E-state index in [4.69, 9.17) is 5.73 Å². The highest BCUT2D eigenvalue weighted by Crippen LogP contribution is 2.18. The Morgan fingerprint density at radius 3 is 2.41 bits per heavy atom. The molecule has 0 saturated carbocycles. The number of hydrogen-bond acceptors (Lipinski definition) is 3. The minimum atomic E-state index is 0. The fourth-order valence-electron chi connectivity index (χ4n) is 3.47. The predicted octanol–water partition coefficient (Wildman–Crippen LogP) is 3.78. The number of amides is 1. The summed E-state index contributed by atoms with van der Waals surface area (Å²) >= 11 is 0. The molecule has 1 amide bonds. The standard InChI is InChI=1S/C21H27N3O.2ClH/c1-23(21(25)14-17-9-11-19(22)12-10-17)20-8-5-13-24(16-20)15-18-6-3-2-4-7-18;;/h2-4,6-7,9-12,20H,5,8,13-16,22H2,1H3;2*1H. The Labute approximate surface area is 174 Å². The summed E-state index contributed by atoms with van der Waals surface area (Å²) in [6.45, 7) is 3.00. The third-order valence-electron chi connectivity index (χ3n) is 5.01. The molecule has 1 aliphatic rings. The molecule has 1 saturated heterocycles. The van der Waals surface area contributed by atoms with E-state index in [1.54, 1.807) is 0 Å². The van der Waals surface area contributed by atoms with Gasteiger partial charge in [-0.1, -0.05) is 42.5 Å². The van der Waals surface area contributed by atoms with E-state index in [0.29, 0.717) is 12.5 Å². The van der Waals surface area contributed by atoms with E-state index in [2.05, 4.69) is 29.2 Å². The molecule has 0 aliphatic carbocycles. The quantitative estimate of drug-likeness (QED) is 0.764. The Morgan fingerprint density at radius 1 is 1.07 bits per heavy atom. The number of rotatable bonds is 5. The van der Waals surface area contributed by atoms with Gasteiger partial charge >= 0.3 is 0 Å². The van der Waals surface area contributed by atoms with Crippen molar-refractivity contribution in [2.75, 3.05) is 25.9 Å². The first-order chi connectivity index (χ1) is 12.1. The molecule has 0 aromatic heterocycles. The second kappa shape index (κ2) is 11.2. The Kier molecular flexibility index (Phi) is 9.64. The summed E-state index contributed by atoms with van der Waals surface area (Å²) in [5.41, 5.74) is 8.79. The van der Waals surface area contributed by atoms with Crippen molar-refractivity contribution < 1.29 is 4.79 Å². The molecule has 0 radical (unpaired) electrons. The highest BCUT2D eigenvalue weighted by Gasteiger charge is 2.26. The van der Waals surface area contributed by atoms with Gasteiger partial charge in [-0.25, -0.2) is 0 Å². The lowest BCUT2D eigenvalue weighted by atomic mass is 10.0. The molecule has 2 N–H and O–H groups in total. The normalized spacial score (nSPS) is 16.7. The van der Waals surface area contributed by atoms with Gasteiger partial charge in [0.25, 0.3) is 0 Å². The summed E-state index contributed by atoms with van der Waals surface area (Å²) in [7, 11) is 1.94. The van der Waals surface area contributed by atoms with E-state index in [-0.39, 0.29) is 30.7 Å². The first kappa shape index (κ1) is 23.3. The van der Waals surface area contributed by atoms with Crippen LogP contribution in [0.5, 0.6) is 0 Å². The Bertz CT molecular complexity index is 694. The van der Waals surface area contributed by atoms with Gasteiger partial charge in [-0.05, 0) is 42.6 Å². The molecule has 27 heavy (non-hydrogen) atoms. The summed E-state index contributed by atoms with van der Waals surface area (Å²) < 4.78 is 0. The maximum Gasteiger partial charge on any atom is 0.227 e. The van der Waals surface area contributed by atoms with Crippen LogP contribution >= 0.6 is 24.8 Å². The van der Waals surface area contributed by atoms with E-state index < -0.39 is 0 Å². The van der Waals surface area contributed by atoms with Crippen molar-refractivity contribution in [1.82, 2.24) is 9.80 Å². The Morgan fingerprint density at radius 2 is 1.74 bits per heavy atom. The minimum Gasteiger partial charge on any atom is -0.399 e. The van der Waals surface area contributed by atoms with Crippen LogP contribution < -0.4 is 5.73 Å². The molecule has 3 rings (SSSR count). The maximum atomic E-state index is 12.6. The highest BCUT2D eigenvalue weighted by atomic mass is 35.5. The van der Waals surface area contributed by atoms with Crippen LogP contribution in [0.15, 0.2) is 54.6 Å². The van der Waals surface area contributed by atoms with Gasteiger partial charge in [-0.15, -0.1) is 24.8 Å². The summed E-state index contributed by atoms with van der Waals surface area (Å²) in [4.78, 5) is 17.0. The minimum absolute atomic E-state index is 0. The van der Waals surface area contributed by atoms with Gasteiger partial charge in [0.2, 0.25) is 5.91 Å². The lowest BCUT2D eigenvalue weighted by Gasteiger charge is -2.37. The Hall–Kier alpha value is -1.75. The van der Waals surface area contributed by atoms with Crippen LogP contribution in [-0.4, -0.2) is 41.9 Å². The molecule has 148 valence electrons. The van der Waals surface area contributed by atoms with Gasteiger partial charge in [0.05, 0.1) is 6.42 Å². The lowest BCUT2D eigenvalue weighted by Crippen LogP contribution is -2.48.